The van der Waals surface area contributed by atoms with Gasteiger partial charge in [-0.2, -0.15) is 0 Å². The average molecular weight is 501 g/mol. The molecule has 0 atom stereocenters. The number of amides is 2. The third-order valence-corrected chi connectivity index (χ3v) is 6.21. The molecule has 190 valence electrons. The van der Waals surface area contributed by atoms with Crippen LogP contribution in [0.5, 0.6) is 0 Å². The van der Waals surface area contributed by atoms with Crippen molar-refractivity contribution in [3.63, 3.8) is 0 Å². The number of hydrogen-bond donors (Lipinski definition) is 2. The molecule has 2 aromatic rings. The van der Waals surface area contributed by atoms with E-state index in [4.69, 9.17) is 16.3 Å². The van der Waals surface area contributed by atoms with E-state index in [1.807, 2.05) is 0 Å². The smallest absolute Gasteiger partial charge is 0.340 e. The fourth-order valence-corrected chi connectivity index (χ4v) is 3.89. The Kier molecular flexibility index (Phi) is 12.9. The Hall–Kier alpha value is -2.86. The number of ether oxygens (including phenoxy) is 1. The lowest BCUT2D eigenvalue weighted by Gasteiger charge is -2.12. The molecule has 0 saturated heterocycles. The normalized spacial score (nSPS) is 10.6. The van der Waals surface area contributed by atoms with Crippen LogP contribution < -0.4 is 10.6 Å². The van der Waals surface area contributed by atoms with Crippen LogP contribution in [-0.2, 0) is 14.3 Å². The van der Waals surface area contributed by atoms with E-state index in [2.05, 4.69) is 17.6 Å². The lowest BCUT2D eigenvalue weighted by Crippen LogP contribution is -2.22. The lowest BCUT2D eigenvalue weighted by molar-refractivity contribution is -0.119. The molecule has 2 amide bonds. The molecule has 0 saturated carbocycles. The molecule has 6 nitrogen and oxygen atoms in total. The summed E-state index contributed by atoms with van der Waals surface area (Å²) in [6.07, 6.45) is 11.0. The lowest BCUT2D eigenvalue weighted by atomic mass is 10.1. The number of nitrogens with one attached hydrogen (secondary N) is 2. The van der Waals surface area contributed by atoms with E-state index in [1.54, 1.807) is 49.4 Å². The second-order valence-electron chi connectivity index (χ2n) is 8.71. The number of carbonyl (C=O) groups excluding carboxylic acids is 3. The van der Waals surface area contributed by atoms with Crippen LogP contribution >= 0.6 is 11.6 Å². The van der Waals surface area contributed by atoms with Crippen LogP contribution in [0.2, 0.25) is 5.02 Å². The zero-order chi connectivity index (χ0) is 25.5. The monoisotopic (exact) mass is 500 g/mol. The Morgan fingerprint density at radius 1 is 0.771 bits per heavy atom. The van der Waals surface area contributed by atoms with Gasteiger partial charge in [-0.05, 0) is 43.2 Å². The number of esters is 1. The van der Waals surface area contributed by atoms with E-state index >= 15 is 0 Å². The van der Waals surface area contributed by atoms with Crippen molar-refractivity contribution in [3.05, 3.63) is 58.6 Å². The minimum absolute atomic E-state index is 0.137. The minimum atomic E-state index is -0.679. The molecule has 0 unspecified atom stereocenters. The minimum Gasteiger partial charge on any atom is -0.452 e. The van der Waals surface area contributed by atoms with Gasteiger partial charge in [0.1, 0.15) is 0 Å². The predicted molar refractivity (Wildman–Crippen MR) is 142 cm³/mol. The molecular weight excluding hydrogens is 464 g/mol. The number of rotatable bonds is 15. The first-order valence-corrected chi connectivity index (χ1v) is 12.9. The molecule has 35 heavy (non-hydrogen) atoms. The maximum Gasteiger partial charge on any atom is 0.340 e. The molecule has 0 aromatic heterocycles. The molecule has 2 aromatic carbocycles. The summed E-state index contributed by atoms with van der Waals surface area (Å²) in [6.45, 7) is 3.55. The Bertz CT molecular complexity index is 977. The first-order chi connectivity index (χ1) is 16.9. The average Bonchev–Trinajstić information content (AvgIpc) is 2.84. The van der Waals surface area contributed by atoms with E-state index in [0.717, 1.165) is 24.8 Å². The second-order valence-corrected chi connectivity index (χ2v) is 9.12. The molecule has 0 aliphatic heterocycles. The quantitative estimate of drug-likeness (QED) is 0.198. The molecule has 0 aliphatic carbocycles. The maximum absolute atomic E-state index is 12.6. The van der Waals surface area contributed by atoms with E-state index in [9.17, 15) is 14.4 Å². The van der Waals surface area contributed by atoms with Gasteiger partial charge in [-0.15, -0.1) is 0 Å². The molecule has 0 heterocycles. The number of unbranched alkanes of at least 4 members (excludes halogenated alkanes) is 8. The van der Waals surface area contributed by atoms with E-state index < -0.39 is 18.5 Å². The highest BCUT2D eigenvalue weighted by molar-refractivity contribution is 6.31. The van der Waals surface area contributed by atoms with Crippen molar-refractivity contribution in [1.82, 2.24) is 0 Å². The third kappa shape index (κ3) is 10.5. The molecule has 7 heteroatoms. The molecule has 2 rings (SSSR count). The van der Waals surface area contributed by atoms with Crippen molar-refractivity contribution in [2.24, 2.45) is 0 Å². The highest BCUT2D eigenvalue weighted by atomic mass is 35.5. The van der Waals surface area contributed by atoms with Gasteiger partial charge in [0, 0.05) is 17.1 Å². The Balaban J connectivity index is 1.75. The van der Waals surface area contributed by atoms with Crippen molar-refractivity contribution < 1.29 is 19.1 Å². The Morgan fingerprint density at radius 2 is 1.37 bits per heavy atom. The Labute approximate surface area is 213 Å². The van der Waals surface area contributed by atoms with Gasteiger partial charge < -0.3 is 15.4 Å². The summed E-state index contributed by atoms with van der Waals surface area (Å²) in [5, 5.41) is 6.02. The number of hydrogen-bond acceptors (Lipinski definition) is 4. The SMILES string of the molecule is CCCCCCCCCCCC(=O)Nc1ccccc1C(=O)OCC(=O)Nc1cccc(Cl)c1C. The van der Waals surface area contributed by atoms with Crippen LogP contribution in [0.1, 0.15) is 87.1 Å². The van der Waals surface area contributed by atoms with Gasteiger partial charge in [-0.1, -0.05) is 88.1 Å². The number of halogens is 1. The topological polar surface area (TPSA) is 84.5 Å². The molecule has 0 spiro atoms. The van der Waals surface area contributed by atoms with Crippen LogP contribution in [0.15, 0.2) is 42.5 Å². The fourth-order valence-electron chi connectivity index (χ4n) is 3.72. The van der Waals surface area contributed by atoms with Gasteiger partial charge in [-0.25, -0.2) is 4.79 Å². The van der Waals surface area contributed by atoms with Gasteiger partial charge in [0.15, 0.2) is 6.61 Å². The molecule has 0 radical (unpaired) electrons. The standard InChI is InChI=1S/C28H37ClN2O4/c1-3-4-5-6-7-8-9-10-11-19-26(32)31-25-17-13-12-15-22(25)28(34)35-20-27(33)30-24-18-14-16-23(29)21(24)2/h12-18H,3-11,19-20H2,1-2H3,(H,30,33)(H,31,32). The summed E-state index contributed by atoms with van der Waals surface area (Å²) < 4.78 is 5.18. The summed E-state index contributed by atoms with van der Waals surface area (Å²) in [5.41, 5.74) is 1.88. The number of para-hydroxylation sites is 1. The zero-order valence-corrected chi connectivity index (χ0v) is 21.6. The first kappa shape index (κ1) is 28.4. The van der Waals surface area contributed by atoms with E-state index in [1.165, 1.54) is 38.5 Å². The third-order valence-electron chi connectivity index (χ3n) is 5.80. The zero-order valence-electron chi connectivity index (χ0n) is 20.8. The largest absolute Gasteiger partial charge is 0.452 e. The molecule has 0 fully saturated rings. The molecule has 0 aliphatic rings. The molecule has 0 bridgehead atoms. The van der Waals surface area contributed by atoms with Crippen molar-refractivity contribution in [1.29, 1.82) is 0 Å². The summed E-state index contributed by atoms with van der Waals surface area (Å²) in [6, 6.07) is 11.8. The van der Waals surface area contributed by atoms with Crippen LogP contribution in [0.25, 0.3) is 0 Å². The van der Waals surface area contributed by atoms with Crippen molar-refractivity contribution in [3.8, 4) is 0 Å². The van der Waals surface area contributed by atoms with Gasteiger partial charge in [0.2, 0.25) is 5.91 Å². The number of benzene rings is 2. The van der Waals surface area contributed by atoms with Crippen molar-refractivity contribution >= 4 is 40.8 Å². The predicted octanol–water partition coefficient (Wildman–Crippen LogP) is 7.30. The molecular formula is C28H37ClN2O4. The van der Waals surface area contributed by atoms with Gasteiger partial charge in [-0.3, -0.25) is 9.59 Å². The summed E-state index contributed by atoms with van der Waals surface area (Å²) >= 11 is 6.07. The summed E-state index contributed by atoms with van der Waals surface area (Å²) in [5.74, 6) is -1.29. The summed E-state index contributed by atoms with van der Waals surface area (Å²) in [7, 11) is 0. The van der Waals surface area contributed by atoms with Crippen molar-refractivity contribution in [2.75, 3.05) is 17.2 Å². The highest BCUT2D eigenvalue weighted by Gasteiger charge is 2.16. The van der Waals surface area contributed by atoms with Crippen molar-refractivity contribution in [2.45, 2.75) is 78.1 Å². The van der Waals surface area contributed by atoms with Crippen LogP contribution in [-0.4, -0.2) is 24.4 Å². The maximum atomic E-state index is 12.6. The van der Waals surface area contributed by atoms with Crippen LogP contribution in [0, 0.1) is 6.92 Å². The van der Waals surface area contributed by atoms with Crippen LogP contribution in [0.4, 0.5) is 11.4 Å². The van der Waals surface area contributed by atoms with Crippen LogP contribution in [0.3, 0.4) is 0 Å². The highest BCUT2D eigenvalue weighted by Crippen LogP contribution is 2.23. The van der Waals surface area contributed by atoms with Gasteiger partial charge in [0.05, 0.1) is 11.3 Å². The molecule has 2 N–H and O–H groups in total. The van der Waals surface area contributed by atoms with Gasteiger partial charge in [0.25, 0.3) is 5.91 Å². The van der Waals surface area contributed by atoms with Gasteiger partial charge >= 0.3 is 5.97 Å². The van der Waals surface area contributed by atoms with E-state index in [0.29, 0.717) is 22.8 Å². The van der Waals surface area contributed by atoms with E-state index in [-0.39, 0.29) is 11.5 Å². The first-order valence-electron chi connectivity index (χ1n) is 12.5. The number of carbonyl (C=O) groups is 3. The fraction of sp³-hybridized carbons (Fsp3) is 0.464. The second kappa shape index (κ2) is 15.9. The number of anilines is 2. The Morgan fingerprint density at radius 3 is 2.09 bits per heavy atom. The summed E-state index contributed by atoms with van der Waals surface area (Å²) in [4.78, 5) is 37.2.